The van der Waals surface area contributed by atoms with Crippen molar-refractivity contribution in [3.8, 4) is 5.75 Å². The van der Waals surface area contributed by atoms with Gasteiger partial charge in [-0.2, -0.15) is 0 Å². The summed E-state index contributed by atoms with van der Waals surface area (Å²) in [6.07, 6.45) is 0. The van der Waals surface area contributed by atoms with E-state index in [1.807, 2.05) is 61.6 Å². The van der Waals surface area contributed by atoms with E-state index >= 15 is 0 Å². The Hall–Kier alpha value is -2.70. The van der Waals surface area contributed by atoms with Crippen molar-refractivity contribution in [2.24, 2.45) is 0 Å². The van der Waals surface area contributed by atoms with E-state index in [1.165, 1.54) is 0 Å². The number of halogens is 1. The Labute approximate surface area is 171 Å². The van der Waals surface area contributed by atoms with E-state index in [1.54, 1.807) is 29.2 Å². The molecule has 0 spiro atoms. The van der Waals surface area contributed by atoms with Crippen LogP contribution in [0.4, 0.5) is 11.4 Å². The summed E-state index contributed by atoms with van der Waals surface area (Å²) in [7, 11) is 1.84. The molecule has 0 atom stereocenters. The molecule has 0 heterocycles. The van der Waals surface area contributed by atoms with Gasteiger partial charge in [-0.3, -0.25) is 4.79 Å². The first-order valence-electron chi connectivity index (χ1n) is 8.21. The second-order valence-electron chi connectivity index (χ2n) is 5.72. The molecule has 3 rings (SSSR count). The molecule has 0 bridgehead atoms. The van der Waals surface area contributed by atoms with Crippen molar-refractivity contribution >= 4 is 50.6 Å². The number of hydrogen-bond donors (Lipinski definition) is 1. The minimum atomic E-state index is -0.197. The third-order valence-corrected chi connectivity index (χ3v) is 4.91. The van der Waals surface area contributed by atoms with Gasteiger partial charge >= 0.3 is 0 Å². The third-order valence-electron chi connectivity index (χ3n) is 3.86. The van der Waals surface area contributed by atoms with Crippen LogP contribution in [0.1, 0.15) is 10.4 Å². The fourth-order valence-corrected chi connectivity index (χ4v) is 2.94. The lowest BCUT2D eigenvalue weighted by molar-refractivity contribution is 0.102. The van der Waals surface area contributed by atoms with E-state index in [0.717, 1.165) is 10.2 Å². The van der Waals surface area contributed by atoms with Crippen LogP contribution in [-0.4, -0.2) is 18.1 Å². The number of nitrogens with one attached hydrogen (secondary N) is 1. The lowest BCUT2D eigenvalue weighted by atomic mass is 10.2. The first kappa shape index (κ1) is 19.1. The first-order chi connectivity index (χ1) is 13.0. The van der Waals surface area contributed by atoms with Crippen LogP contribution in [0.3, 0.4) is 0 Å². The van der Waals surface area contributed by atoms with Crippen LogP contribution in [0.5, 0.6) is 5.75 Å². The molecule has 0 saturated heterocycles. The molecule has 0 radical (unpaired) electrons. The normalized spacial score (nSPS) is 10.1. The number of amides is 1. The number of para-hydroxylation sites is 2. The van der Waals surface area contributed by atoms with Crippen LogP contribution in [-0.2, 0) is 0 Å². The minimum Gasteiger partial charge on any atom is -0.432 e. The highest BCUT2D eigenvalue weighted by Gasteiger charge is 2.11. The molecule has 0 fully saturated rings. The molecular weight excluding hydrogens is 424 g/mol. The van der Waals surface area contributed by atoms with E-state index in [2.05, 4.69) is 21.2 Å². The summed E-state index contributed by atoms with van der Waals surface area (Å²) in [6, 6.07) is 24.0. The number of carbonyl (C=O) groups excluding carboxylic acids is 1. The highest BCUT2D eigenvalue weighted by molar-refractivity contribution is 9.10. The van der Waals surface area contributed by atoms with Gasteiger partial charge in [-0.1, -0.05) is 30.3 Å². The van der Waals surface area contributed by atoms with Gasteiger partial charge in [0.1, 0.15) is 5.75 Å². The molecule has 136 valence electrons. The average Bonchev–Trinajstić information content (AvgIpc) is 2.70. The molecular formula is C21H17BrN2O2S. The Kier molecular flexibility index (Phi) is 6.21. The number of benzene rings is 3. The number of nitrogens with zero attached hydrogens (tertiary/aromatic N) is 1. The molecule has 1 amide bonds. The van der Waals surface area contributed by atoms with Gasteiger partial charge < -0.3 is 15.0 Å². The summed E-state index contributed by atoms with van der Waals surface area (Å²) < 4.78 is 6.55. The lowest BCUT2D eigenvalue weighted by Crippen LogP contribution is -2.29. The standard InChI is InChI=1S/C21H17BrN2O2S/c1-24(16-7-3-2-4-8-16)21(27)26-17-13-11-15(12-14-17)20(25)23-19-10-6-5-9-18(19)22/h2-14H,1H3,(H,23,25). The van der Waals surface area contributed by atoms with Crippen LogP contribution in [0, 0.1) is 0 Å². The van der Waals surface area contributed by atoms with Crippen LogP contribution in [0.25, 0.3) is 0 Å². The SMILES string of the molecule is CN(C(=S)Oc1ccc(C(=O)Nc2ccccc2Br)cc1)c1ccccc1. The third kappa shape index (κ3) is 4.93. The van der Waals surface area contributed by atoms with Crippen LogP contribution in [0.2, 0.25) is 0 Å². The van der Waals surface area contributed by atoms with Crippen molar-refractivity contribution in [3.05, 3.63) is 88.9 Å². The van der Waals surface area contributed by atoms with Gasteiger partial charge in [0.15, 0.2) is 0 Å². The van der Waals surface area contributed by atoms with Gasteiger partial charge in [-0.15, -0.1) is 0 Å². The second-order valence-corrected chi connectivity index (χ2v) is 6.92. The monoisotopic (exact) mass is 440 g/mol. The zero-order chi connectivity index (χ0) is 19.2. The molecule has 0 aliphatic carbocycles. The number of thiocarbonyl (C=S) groups is 1. The van der Waals surface area contributed by atoms with Crippen molar-refractivity contribution in [3.63, 3.8) is 0 Å². The second kappa shape index (κ2) is 8.79. The molecule has 1 N–H and O–H groups in total. The smallest absolute Gasteiger partial charge is 0.269 e. The number of carbonyl (C=O) groups is 1. The Bertz CT molecular complexity index is 946. The van der Waals surface area contributed by atoms with E-state index in [0.29, 0.717) is 22.2 Å². The van der Waals surface area contributed by atoms with Gasteiger partial charge in [0.25, 0.3) is 11.1 Å². The predicted octanol–water partition coefficient (Wildman–Crippen LogP) is 5.50. The molecule has 3 aromatic carbocycles. The summed E-state index contributed by atoms with van der Waals surface area (Å²) in [5, 5.41) is 3.19. The van der Waals surface area contributed by atoms with Crippen molar-refractivity contribution in [2.75, 3.05) is 17.3 Å². The van der Waals surface area contributed by atoms with E-state index in [-0.39, 0.29) is 5.91 Å². The summed E-state index contributed by atoms with van der Waals surface area (Å²) >= 11 is 8.76. The highest BCUT2D eigenvalue weighted by Crippen LogP contribution is 2.22. The Morgan fingerprint density at radius 1 is 0.963 bits per heavy atom. The van der Waals surface area contributed by atoms with Gasteiger partial charge in [0.05, 0.1) is 5.69 Å². The highest BCUT2D eigenvalue weighted by atomic mass is 79.9. The predicted molar refractivity (Wildman–Crippen MR) is 117 cm³/mol. The van der Waals surface area contributed by atoms with Crippen molar-refractivity contribution in [2.45, 2.75) is 0 Å². The van der Waals surface area contributed by atoms with Gasteiger partial charge in [-0.05, 0) is 76.7 Å². The van der Waals surface area contributed by atoms with E-state index in [4.69, 9.17) is 17.0 Å². The number of ether oxygens (including phenoxy) is 1. The minimum absolute atomic E-state index is 0.197. The molecule has 0 aromatic heterocycles. The fourth-order valence-electron chi connectivity index (χ4n) is 2.36. The fraction of sp³-hybridized carbons (Fsp3) is 0.0476. The van der Waals surface area contributed by atoms with Crippen molar-refractivity contribution < 1.29 is 9.53 Å². The summed E-state index contributed by atoms with van der Waals surface area (Å²) in [4.78, 5) is 14.2. The van der Waals surface area contributed by atoms with Crippen LogP contribution >= 0.6 is 28.1 Å². The maximum Gasteiger partial charge on any atom is 0.269 e. The van der Waals surface area contributed by atoms with Gasteiger partial charge in [-0.25, -0.2) is 0 Å². The molecule has 4 nitrogen and oxygen atoms in total. The number of rotatable bonds is 4. The molecule has 27 heavy (non-hydrogen) atoms. The average molecular weight is 441 g/mol. The Morgan fingerprint density at radius 2 is 1.59 bits per heavy atom. The van der Waals surface area contributed by atoms with E-state index < -0.39 is 0 Å². The summed E-state index contributed by atoms with van der Waals surface area (Å²) in [5.74, 6) is 0.373. The number of anilines is 2. The maximum atomic E-state index is 12.4. The number of hydrogen-bond acceptors (Lipinski definition) is 3. The van der Waals surface area contributed by atoms with Crippen molar-refractivity contribution in [1.82, 2.24) is 0 Å². The molecule has 0 aliphatic heterocycles. The Balaban J connectivity index is 1.64. The van der Waals surface area contributed by atoms with Gasteiger partial charge in [0, 0.05) is 22.8 Å². The summed E-state index contributed by atoms with van der Waals surface area (Å²) in [6.45, 7) is 0. The van der Waals surface area contributed by atoms with Gasteiger partial charge in [0.2, 0.25) is 0 Å². The summed E-state index contributed by atoms with van der Waals surface area (Å²) in [5.41, 5.74) is 2.18. The zero-order valence-corrected chi connectivity index (χ0v) is 17.0. The Morgan fingerprint density at radius 3 is 2.26 bits per heavy atom. The molecule has 6 heteroatoms. The quantitative estimate of drug-likeness (QED) is 0.543. The van der Waals surface area contributed by atoms with Crippen molar-refractivity contribution in [1.29, 1.82) is 0 Å². The molecule has 3 aromatic rings. The van der Waals surface area contributed by atoms with Crippen LogP contribution < -0.4 is 15.0 Å². The maximum absolute atomic E-state index is 12.4. The first-order valence-corrected chi connectivity index (χ1v) is 9.41. The van der Waals surface area contributed by atoms with Crippen LogP contribution in [0.15, 0.2) is 83.3 Å². The van der Waals surface area contributed by atoms with E-state index in [9.17, 15) is 4.79 Å². The zero-order valence-electron chi connectivity index (χ0n) is 14.6. The molecule has 0 unspecified atom stereocenters. The molecule has 0 saturated carbocycles. The lowest BCUT2D eigenvalue weighted by Gasteiger charge is -2.19. The topological polar surface area (TPSA) is 41.6 Å². The molecule has 0 aliphatic rings. The largest absolute Gasteiger partial charge is 0.432 e.